The summed E-state index contributed by atoms with van der Waals surface area (Å²) in [6, 6.07) is -0.784. The minimum atomic E-state index is -0.840. The Morgan fingerprint density at radius 3 is 2.70 bits per heavy atom. The number of aliphatic carboxylic acids is 1. The molecule has 2 saturated carbocycles. The first-order valence-electron chi connectivity index (χ1n) is 7.94. The second kappa shape index (κ2) is 5.62. The van der Waals surface area contributed by atoms with Gasteiger partial charge in [0.2, 0.25) is 0 Å². The number of nitrogens with zero attached hydrogens (tertiary/aromatic N) is 1. The van der Waals surface area contributed by atoms with Gasteiger partial charge in [-0.1, -0.05) is 19.3 Å². The fourth-order valence-corrected chi connectivity index (χ4v) is 3.93. The molecule has 2 N–H and O–H groups in total. The molecule has 3 atom stereocenters. The number of amides is 2. The van der Waals surface area contributed by atoms with Crippen LogP contribution in [0.5, 0.6) is 0 Å². The maximum Gasteiger partial charge on any atom is 0.326 e. The Morgan fingerprint density at radius 1 is 1.20 bits per heavy atom. The topological polar surface area (TPSA) is 69.6 Å². The number of carboxylic acids is 1. The van der Waals surface area contributed by atoms with Crippen LogP contribution in [0, 0.1) is 17.8 Å². The summed E-state index contributed by atoms with van der Waals surface area (Å²) < 4.78 is 0. The highest BCUT2D eigenvalue weighted by atomic mass is 16.4. The van der Waals surface area contributed by atoms with E-state index in [1.54, 1.807) is 4.90 Å². The number of likely N-dealkylation sites (tertiary alicyclic amines) is 1. The van der Waals surface area contributed by atoms with E-state index in [2.05, 4.69) is 5.32 Å². The summed E-state index contributed by atoms with van der Waals surface area (Å²) in [4.78, 5) is 25.2. The van der Waals surface area contributed by atoms with Crippen molar-refractivity contribution in [2.45, 2.75) is 51.0 Å². The molecule has 3 aliphatic rings. The van der Waals surface area contributed by atoms with Crippen molar-refractivity contribution in [2.75, 3.05) is 13.1 Å². The third-order valence-corrected chi connectivity index (χ3v) is 5.17. The zero-order valence-electron chi connectivity index (χ0n) is 11.9. The highest BCUT2D eigenvalue weighted by molar-refractivity contribution is 5.83. The fourth-order valence-electron chi connectivity index (χ4n) is 3.93. The van der Waals surface area contributed by atoms with Gasteiger partial charge in [0.15, 0.2) is 0 Å². The Kier molecular flexibility index (Phi) is 3.85. The first kappa shape index (κ1) is 13.7. The molecule has 0 aromatic rings. The average molecular weight is 280 g/mol. The highest BCUT2D eigenvalue weighted by Crippen LogP contribution is 2.42. The molecule has 1 aliphatic heterocycles. The number of fused-ring (bicyclic) bond motifs is 1. The van der Waals surface area contributed by atoms with Crippen LogP contribution < -0.4 is 5.32 Å². The Labute approximate surface area is 119 Å². The first-order valence-corrected chi connectivity index (χ1v) is 7.94. The summed E-state index contributed by atoms with van der Waals surface area (Å²) in [5.74, 6) is 0.607. The van der Waals surface area contributed by atoms with E-state index in [-0.39, 0.29) is 11.9 Å². The summed E-state index contributed by atoms with van der Waals surface area (Å²) in [5, 5.41) is 12.3. The van der Waals surface area contributed by atoms with Gasteiger partial charge in [-0.25, -0.2) is 9.59 Å². The van der Waals surface area contributed by atoms with Crippen molar-refractivity contribution >= 4 is 12.0 Å². The van der Waals surface area contributed by atoms with Crippen molar-refractivity contribution in [1.29, 1.82) is 0 Å². The maximum atomic E-state index is 12.2. The molecule has 20 heavy (non-hydrogen) atoms. The first-order chi connectivity index (χ1) is 9.66. The molecule has 0 aromatic heterocycles. The van der Waals surface area contributed by atoms with Crippen LogP contribution in [-0.4, -0.2) is 41.1 Å². The molecule has 5 nitrogen and oxygen atoms in total. The van der Waals surface area contributed by atoms with Gasteiger partial charge in [-0.3, -0.25) is 0 Å². The van der Waals surface area contributed by atoms with Crippen LogP contribution in [0.15, 0.2) is 0 Å². The molecule has 3 unspecified atom stereocenters. The lowest BCUT2D eigenvalue weighted by Crippen LogP contribution is -2.48. The van der Waals surface area contributed by atoms with E-state index in [0.717, 1.165) is 31.6 Å². The summed E-state index contributed by atoms with van der Waals surface area (Å²) in [7, 11) is 0. The van der Waals surface area contributed by atoms with E-state index in [1.807, 2.05) is 0 Å². The number of carbonyl (C=O) groups excluding carboxylic acids is 1. The van der Waals surface area contributed by atoms with Gasteiger partial charge < -0.3 is 15.3 Å². The van der Waals surface area contributed by atoms with Crippen LogP contribution in [0.2, 0.25) is 0 Å². The summed E-state index contributed by atoms with van der Waals surface area (Å²) >= 11 is 0. The molecule has 1 saturated heterocycles. The van der Waals surface area contributed by atoms with Gasteiger partial charge in [0.25, 0.3) is 0 Å². The number of hydrogen-bond donors (Lipinski definition) is 2. The second-order valence-electron chi connectivity index (χ2n) is 6.61. The number of hydrogen-bond acceptors (Lipinski definition) is 2. The standard InChI is InChI=1S/C15H24N2O3/c18-14(19)13-12-5-1-4-11(12)9-17(13)15(20)16-8-2-3-10-6-7-10/h10-13H,1-9H2,(H,16,20)(H,18,19). The van der Waals surface area contributed by atoms with Crippen molar-refractivity contribution in [1.82, 2.24) is 10.2 Å². The molecule has 0 bridgehead atoms. The largest absolute Gasteiger partial charge is 0.480 e. The minimum absolute atomic E-state index is 0.171. The molecular weight excluding hydrogens is 256 g/mol. The predicted octanol–water partition coefficient (Wildman–Crippen LogP) is 2.07. The molecule has 0 aromatic carbocycles. The van der Waals surface area contributed by atoms with Crippen LogP contribution >= 0.6 is 0 Å². The van der Waals surface area contributed by atoms with Gasteiger partial charge in [-0.05, 0) is 43.4 Å². The van der Waals surface area contributed by atoms with Gasteiger partial charge in [0.05, 0.1) is 0 Å². The number of carboxylic acid groups (broad SMARTS) is 1. The summed E-state index contributed by atoms with van der Waals surface area (Å²) in [6.07, 6.45) is 8.00. The van der Waals surface area contributed by atoms with Crippen molar-refractivity contribution in [3.8, 4) is 0 Å². The van der Waals surface area contributed by atoms with Gasteiger partial charge in [-0.2, -0.15) is 0 Å². The molecule has 0 spiro atoms. The Hall–Kier alpha value is -1.26. The Bertz CT molecular complexity index is 395. The van der Waals surface area contributed by atoms with E-state index in [9.17, 15) is 14.7 Å². The van der Waals surface area contributed by atoms with Crippen LogP contribution in [0.3, 0.4) is 0 Å². The summed E-state index contributed by atoms with van der Waals surface area (Å²) in [5.41, 5.74) is 0. The molecule has 3 rings (SSSR count). The SMILES string of the molecule is O=C(O)C1C2CCCC2CN1C(=O)NCCCC1CC1. The molecular formula is C15H24N2O3. The third kappa shape index (κ3) is 2.76. The lowest BCUT2D eigenvalue weighted by atomic mass is 9.94. The van der Waals surface area contributed by atoms with E-state index in [0.29, 0.717) is 19.0 Å². The molecule has 112 valence electrons. The summed E-state index contributed by atoms with van der Waals surface area (Å²) in [6.45, 7) is 1.30. The van der Waals surface area contributed by atoms with Crippen LogP contribution in [0.4, 0.5) is 4.79 Å². The van der Waals surface area contributed by atoms with E-state index >= 15 is 0 Å². The quantitative estimate of drug-likeness (QED) is 0.757. The molecule has 2 amide bonds. The second-order valence-corrected chi connectivity index (χ2v) is 6.61. The van der Waals surface area contributed by atoms with Gasteiger partial charge in [0, 0.05) is 13.1 Å². The van der Waals surface area contributed by atoms with Gasteiger partial charge in [0.1, 0.15) is 6.04 Å². The van der Waals surface area contributed by atoms with Crippen LogP contribution in [-0.2, 0) is 4.79 Å². The molecule has 3 fully saturated rings. The zero-order chi connectivity index (χ0) is 14.1. The van der Waals surface area contributed by atoms with Crippen molar-refractivity contribution < 1.29 is 14.7 Å². The molecule has 0 radical (unpaired) electrons. The number of nitrogens with one attached hydrogen (secondary N) is 1. The fraction of sp³-hybridized carbons (Fsp3) is 0.867. The number of urea groups is 1. The number of carbonyl (C=O) groups is 2. The number of rotatable bonds is 5. The maximum absolute atomic E-state index is 12.2. The monoisotopic (exact) mass is 280 g/mol. The van der Waals surface area contributed by atoms with Crippen molar-refractivity contribution in [3.05, 3.63) is 0 Å². The molecule has 2 aliphatic carbocycles. The van der Waals surface area contributed by atoms with E-state index in [1.165, 1.54) is 19.3 Å². The Balaban J connectivity index is 1.51. The normalized spacial score (nSPS) is 32.2. The zero-order valence-corrected chi connectivity index (χ0v) is 11.9. The molecule has 5 heteroatoms. The Morgan fingerprint density at radius 2 is 2.00 bits per heavy atom. The van der Waals surface area contributed by atoms with E-state index in [4.69, 9.17) is 0 Å². The highest BCUT2D eigenvalue weighted by Gasteiger charge is 2.49. The smallest absolute Gasteiger partial charge is 0.326 e. The minimum Gasteiger partial charge on any atom is -0.480 e. The van der Waals surface area contributed by atoms with Crippen molar-refractivity contribution in [3.63, 3.8) is 0 Å². The lowest BCUT2D eigenvalue weighted by Gasteiger charge is -2.24. The average Bonchev–Trinajstić information content (AvgIpc) is 2.98. The molecule has 1 heterocycles. The van der Waals surface area contributed by atoms with E-state index < -0.39 is 12.0 Å². The van der Waals surface area contributed by atoms with Gasteiger partial charge >= 0.3 is 12.0 Å². The van der Waals surface area contributed by atoms with Gasteiger partial charge in [-0.15, -0.1) is 0 Å². The third-order valence-electron chi connectivity index (χ3n) is 5.17. The van der Waals surface area contributed by atoms with Crippen LogP contribution in [0.25, 0.3) is 0 Å². The van der Waals surface area contributed by atoms with Crippen LogP contribution in [0.1, 0.15) is 44.9 Å². The predicted molar refractivity (Wildman–Crippen MR) is 74.3 cm³/mol. The lowest BCUT2D eigenvalue weighted by molar-refractivity contribution is -0.142. The van der Waals surface area contributed by atoms with Crippen molar-refractivity contribution in [2.24, 2.45) is 17.8 Å².